The van der Waals surface area contributed by atoms with E-state index in [0.29, 0.717) is 0 Å². The SMILES string of the molecule is C=C1CCCCN(CCC)C1=O. The van der Waals surface area contributed by atoms with Crippen molar-refractivity contribution in [1.82, 2.24) is 4.90 Å². The van der Waals surface area contributed by atoms with Gasteiger partial charge in [0.05, 0.1) is 0 Å². The molecule has 1 aliphatic heterocycles. The van der Waals surface area contributed by atoms with Crippen LogP contribution in [0.3, 0.4) is 0 Å². The molecule has 1 rings (SSSR count). The van der Waals surface area contributed by atoms with Crippen molar-refractivity contribution in [2.75, 3.05) is 13.1 Å². The van der Waals surface area contributed by atoms with E-state index >= 15 is 0 Å². The molecule has 0 spiro atoms. The van der Waals surface area contributed by atoms with Gasteiger partial charge in [-0.1, -0.05) is 13.5 Å². The van der Waals surface area contributed by atoms with E-state index in [4.69, 9.17) is 0 Å². The molecule has 1 heterocycles. The van der Waals surface area contributed by atoms with Crippen LogP contribution in [-0.2, 0) is 4.79 Å². The van der Waals surface area contributed by atoms with Gasteiger partial charge in [0.1, 0.15) is 0 Å². The molecular formula is C10H17NO. The first-order chi connectivity index (χ1) is 5.75. The Balaban J connectivity index is 2.58. The molecule has 0 aromatic rings. The maximum atomic E-state index is 11.6. The largest absolute Gasteiger partial charge is 0.339 e. The predicted octanol–water partition coefficient (Wildman–Crippen LogP) is 1.97. The lowest BCUT2D eigenvalue weighted by atomic mass is 10.1. The van der Waals surface area contributed by atoms with Crippen LogP contribution in [0.5, 0.6) is 0 Å². The third-order valence-corrected chi connectivity index (χ3v) is 2.24. The number of likely N-dealkylation sites (tertiary alicyclic amines) is 1. The van der Waals surface area contributed by atoms with Gasteiger partial charge in [-0.05, 0) is 25.7 Å². The van der Waals surface area contributed by atoms with Crippen LogP contribution in [0.2, 0.25) is 0 Å². The zero-order chi connectivity index (χ0) is 8.97. The van der Waals surface area contributed by atoms with Crippen LogP contribution in [0.4, 0.5) is 0 Å². The standard InChI is InChI=1S/C10H17NO/c1-3-7-11-8-5-4-6-9(2)10(11)12/h2-8H2,1H3. The lowest BCUT2D eigenvalue weighted by molar-refractivity contribution is -0.126. The Bertz CT molecular complexity index is 186. The van der Waals surface area contributed by atoms with Gasteiger partial charge in [0.15, 0.2) is 0 Å². The van der Waals surface area contributed by atoms with E-state index in [1.807, 2.05) is 4.90 Å². The molecule has 12 heavy (non-hydrogen) atoms. The Morgan fingerprint density at radius 3 is 2.92 bits per heavy atom. The second kappa shape index (κ2) is 4.29. The second-order valence-corrected chi connectivity index (χ2v) is 3.35. The summed E-state index contributed by atoms with van der Waals surface area (Å²) in [6.45, 7) is 7.70. The maximum absolute atomic E-state index is 11.6. The molecule has 0 unspecified atom stereocenters. The van der Waals surface area contributed by atoms with Gasteiger partial charge >= 0.3 is 0 Å². The van der Waals surface area contributed by atoms with E-state index < -0.39 is 0 Å². The summed E-state index contributed by atoms with van der Waals surface area (Å²) >= 11 is 0. The zero-order valence-corrected chi connectivity index (χ0v) is 7.81. The molecule has 0 aromatic heterocycles. The topological polar surface area (TPSA) is 20.3 Å². The quantitative estimate of drug-likeness (QED) is 0.576. The van der Waals surface area contributed by atoms with Crippen LogP contribution in [0, 0.1) is 0 Å². The molecule has 0 N–H and O–H groups in total. The fourth-order valence-electron chi connectivity index (χ4n) is 1.56. The molecule has 0 saturated carbocycles. The number of hydrogen-bond donors (Lipinski definition) is 0. The number of hydrogen-bond acceptors (Lipinski definition) is 1. The normalized spacial score (nSPS) is 19.6. The van der Waals surface area contributed by atoms with Gasteiger partial charge in [0.25, 0.3) is 0 Å². The Labute approximate surface area is 74.2 Å². The summed E-state index contributed by atoms with van der Waals surface area (Å²) in [6.07, 6.45) is 4.17. The van der Waals surface area contributed by atoms with E-state index in [2.05, 4.69) is 13.5 Å². The first kappa shape index (κ1) is 9.30. The van der Waals surface area contributed by atoms with Gasteiger partial charge < -0.3 is 4.90 Å². The van der Waals surface area contributed by atoms with Gasteiger partial charge in [0, 0.05) is 18.7 Å². The van der Waals surface area contributed by atoms with E-state index in [1.54, 1.807) is 0 Å². The van der Waals surface area contributed by atoms with Gasteiger partial charge in [-0.25, -0.2) is 0 Å². The highest BCUT2D eigenvalue weighted by Gasteiger charge is 2.18. The Morgan fingerprint density at radius 2 is 2.25 bits per heavy atom. The summed E-state index contributed by atoms with van der Waals surface area (Å²) in [5, 5.41) is 0. The zero-order valence-electron chi connectivity index (χ0n) is 7.81. The fraction of sp³-hybridized carbons (Fsp3) is 0.700. The van der Waals surface area contributed by atoms with E-state index in [0.717, 1.165) is 44.3 Å². The van der Waals surface area contributed by atoms with Crippen molar-refractivity contribution in [2.45, 2.75) is 32.6 Å². The van der Waals surface area contributed by atoms with Crippen molar-refractivity contribution in [3.8, 4) is 0 Å². The van der Waals surface area contributed by atoms with Crippen LogP contribution in [-0.4, -0.2) is 23.9 Å². The summed E-state index contributed by atoms with van der Waals surface area (Å²) < 4.78 is 0. The summed E-state index contributed by atoms with van der Waals surface area (Å²) in [4.78, 5) is 13.5. The van der Waals surface area contributed by atoms with Crippen LogP contribution in [0.15, 0.2) is 12.2 Å². The molecule has 2 heteroatoms. The molecule has 0 aliphatic carbocycles. The van der Waals surface area contributed by atoms with Crippen molar-refractivity contribution >= 4 is 5.91 Å². The average molecular weight is 167 g/mol. The Hall–Kier alpha value is -0.790. The highest BCUT2D eigenvalue weighted by atomic mass is 16.2. The van der Waals surface area contributed by atoms with Crippen molar-refractivity contribution in [1.29, 1.82) is 0 Å². The van der Waals surface area contributed by atoms with E-state index in [-0.39, 0.29) is 5.91 Å². The molecule has 0 radical (unpaired) electrons. The number of rotatable bonds is 2. The third-order valence-electron chi connectivity index (χ3n) is 2.24. The summed E-state index contributed by atoms with van der Waals surface area (Å²) in [6, 6.07) is 0. The van der Waals surface area contributed by atoms with Gasteiger partial charge in [-0.15, -0.1) is 0 Å². The lowest BCUT2D eigenvalue weighted by Gasteiger charge is -2.19. The highest BCUT2D eigenvalue weighted by molar-refractivity contribution is 5.92. The number of carbonyl (C=O) groups excluding carboxylic acids is 1. The molecule has 0 aromatic carbocycles. The minimum atomic E-state index is 0.175. The molecule has 0 atom stereocenters. The van der Waals surface area contributed by atoms with Crippen LogP contribution in [0.1, 0.15) is 32.6 Å². The summed E-state index contributed by atoms with van der Waals surface area (Å²) in [5.74, 6) is 0.175. The van der Waals surface area contributed by atoms with Crippen LogP contribution >= 0.6 is 0 Å². The fourth-order valence-corrected chi connectivity index (χ4v) is 1.56. The molecule has 1 fully saturated rings. The summed E-state index contributed by atoms with van der Waals surface area (Å²) in [7, 11) is 0. The Morgan fingerprint density at radius 1 is 1.50 bits per heavy atom. The maximum Gasteiger partial charge on any atom is 0.249 e. The monoisotopic (exact) mass is 167 g/mol. The Kier molecular flexibility index (Phi) is 3.32. The molecule has 1 amide bonds. The van der Waals surface area contributed by atoms with Crippen molar-refractivity contribution in [3.05, 3.63) is 12.2 Å². The van der Waals surface area contributed by atoms with Gasteiger partial charge in [-0.3, -0.25) is 4.79 Å². The third kappa shape index (κ3) is 2.10. The molecule has 2 nitrogen and oxygen atoms in total. The van der Waals surface area contributed by atoms with Crippen LogP contribution in [0.25, 0.3) is 0 Å². The van der Waals surface area contributed by atoms with Gasteiger partial charge in [-0.2, -0.15) is 0 Å². The summed E-state index contributed by atoms with van der Waals surface area (Å²) in [5.41, 5.74) is 0.793. The van der Waals surface area contributed by atoms with Crippen molar-refractivity contribution < 1.29 is 4.79 Å². The number of amides is 1. The second-order valence-electron chi connectivity index (χ2n) is 3.35. The first-order valence-electron chi connectivity index (χ1n) is 4.72. The molecule has 1 aliphatic rings. The number of nitrogens with zero attached hydrogens (tertiary/aromatic N) is 1. The predicted molar refractivity (Wildman–Crippen MR) is 49.9 cm³/mol. The average Bonchev–Trinajstić information content (AvgIpc) is 2.20. The lowest BCUT2D eigenvalue weighted by Crippen LogP contribution is -2.31. The van der Waals surface area contributed by atoms with Crippen LogP contribution < -0.4 is 0 Å². The van der Waals surface area contributed by atoms with E-state index in [1.165, 1.54) is 0 Å². The molecule has 68 valence electrons. The highest BCUT2D eigenvalue weighted by Crippen LogP contribution is 2.15. The van der Waals surface area contributed by atoms with E-state index in [9.17, 15) is 4.79 Å². The minimum Gasteiger partial charge on any atom is -0.339 e. The molecule has 0 bridgehead atoms. The molecular weight excluding hydrogens is 150 g/mol. The minimum absolute atomic E-state index is 0.175. The number of carbonyl (C=O) groups is 1. The first-order valence-corrected chi connectivity index (χ1v) is 4.72. The van der Waals surface area contributed by atoms with Gasteiger partial charge in [0.2, 0.25) is 5.91 Å². The van der Waals surface area contributed by atoms with Crippen molar-refractivity contribution in [3.63, 3.8) is 0 Å². The smallest absolute Gasteiger partial charge is 0.249 e. The molecule has 1 saturated heterocycles. The van der Waals surface area contributed by atoms with Crippen molar-refractivity contribution in [2.24, 2.45) is 0 Å².